The Hall–Kier alpha value is -1.82. The fourth-order valence-corrected chi connectivity index (χ4v) is 2.28. The lowest BCUT2D eigenvalue weighted by Crippen LogP contribution is -2.37. The molecule has 2 rings (SSSR count). The summed E-state index contributed by atoms with van der Waals surface area (Å²) in [6.07, 6.45) is 1.02. The third-order valence-electron chi connectivity index (χ3n) is 3.77. The minimum Gasteiger partial charge on any atom is -0.336 e. The molecule has 1 aromatic rings. The van der Waals surface area contributed by atoms with Crippen LogP contribution >= 0.6 is 0 Å². The van der Waals surface area contributed by atoms with Crippen molar-refractivity contribution < 1.29 is 4.79 Å². The van der Waals surface area contributed by atoms with Crippen molar-refractivity contribution in [2.24, 2.45) is 11.8 Å². The Balaban J connectivity index is 2.08. The highest BCUT2D eigenvalue weighted by molar-refractivity contribution is 5.81. The fraction of sp³-hybridized carbons (Fsp3) is 0.500. The van der Waals surface area contributed by atoms with E-state index in [1.807, 2.05) is 17.0 Å². The number of nitriles is 1. The standard InChI is InChI=1S/C16H20N2O/c1-11(2)18(16(19)15-8-12(15)3)10-14-6-4-13(9-17)5-7-14/h4-7,11-12,15H,8,10H2,1-3H3. The van der Waals surface area contributed by atoms with Gasteiger partial charge >= 0.3 is 0 Å². The molecule has 2 atom stereocenters. The highest BCUT2D eigenvalue weighted by Crippen LogP contribution is 2.39. The molecule has 0 saturated heterocycles. The Morgan fingerprint density at radius 1 is 1.42 bits per heavy atom. The second kappa shape index (κ2) is 5.44. The van der Waals surface area contributed by atoms with Gasteiger partial charge in [0, 0.05) is 18.5 Å². The largest absolute Gasteiger partial charge is 0.336 e. The van der Waals surface area contributed by atoms with Crippen molar-refractivity contribution >= 4 is 5.91 Å². The molecule has 0 spiro atoms. The topological polar surface area (TPSA) is 44.1 Å². The molecule has 1 aromatic carbocycles. The summed E-state index contributed by atoms with van der Waals surface area (Å²) >= 11 is 0. The molecule has 1 aliphatic carbocycles. The number of rotatable bonds is 4. The smallest absolute Gasteiger partial charge is 0.226 e. The van der Waals surface area contributed by atoms with Gasteiger partial charge < -0.3 is 4.90 Å². The predicted molar refractivity (Wildman–Crippen MR) is 74.1 cm³/mol. The SMILES string of the molecule is CC1CC1C(=O)N(Cc1ccc(C#N)cc1)C(C)C. The molecule has 0 aromatic heterocycles. The second-order valence-corrected chi connectivity index (χ2v) is 5.69. The highest BCUT2D eigenvalue weighted by Gasteiger charge is 2.41. The van der Waals surface area contributed by atoms with Crippen LogP contribution in [-0.2, 0) is 11.3 Å². The number of hydrogen-bond acceptors (Lipinski definition) is 2. The van der Waals surface area contributed by atoms with Crippen LogP contribution in [0, 0.1) is 23.2 Å². The number of benzene rings is 1. The third kappa shape index (κ3) is 3.14. The zero-order valence-corrected chi connectivity index (χ0v) is 11.8. The number of nitrogens with zero attached hydrogens (tertiary/aromatic N) is 2. The zero-order valence-electron chi connectivity index (χ0n) is 11.8. The van der Waals surface area contributed by atoms with Crippen molar-refractivity contribution in [2.45, 2.75) is 39.8 Å². The van der Waals surface area contributed by atoms with Gasteiger partial charge in [-0.15, -0.1) is 0 Å². The van der Waals surface area contributed by atoms with E-state index in [1.54, 1.807) is 12.1 Å². The van der Waals surface area contributed by atoms with Gasteiger partial charge in [0.15, 0.2) is 0 Å². The third-order valence-corrected chi connectivity index (χ3v) is 3.77. The van der Waals surface area contributed by atoms with E-state index >= 15 is 0 Å². The van der Waals surface area contributed by atoms with Crippen molar-refractivity contribution in [3.8, 4) is 6.07 Å². The maximum absolute atomic E-state index is 12.4. The van der Waals surface area contributed by atoms with Crippen LogP contribution in [0.2, 0.25) is 0 Å². The number of carbonyl (C=O) groups excluding carboxylic acids is 1. The lowest BCUT2D eigenvalue weighted by Gasteiger charge is -2.27. The first kappa shape index (κ1) is 13.6. The van der Waals surface area contributed by atoms with Crippen molar-refractivity contribution in [1.82, 2.24) is 4.90 Å². The monoisotopic (exact) mass is 256 g/mol. The second-order valence-electron chi connectivity index (χ2n) is 5.69. The molecule has 1 amide bonds. The first-order valence-electron chi connectivity index (χ1n) is 6.82. The van der Waals surface area contributed by atoms with Crippen LogP contribution in [0.3, 0.4) is 0 Å². The van der Waals surface area contributed by atoms with Gasteiger partial charge in [-0.05, 0) is 43.9 Å². The van der Waals surface area contributed by atoms with E-state index < -0.39 is 0 Å². The average molecular weight is 256 g/mol. The van der Waals surface area contributed by atoms with E-state index in [9.17, 15) is 4.79 Å². The minimum atomic E-state index is 0.205. The Bertz CT molecular complexity index is 498. The Kier molecular flexibility index (Phi) is 3.90. The lowest BCUT2D eigenvalue weighted by atomic mass is 10.1. The van der Waals surface area contributed by atoms with Crippen molar-refractivity contribution in [3.63, 3.8) is 0 Å². The summed E-state index contributed by atoms with van der Waals surface area (Å²) in [4.78, 5) is 14.3. The van der Waals surface area contributed by atoms with E-state index in [0.29, 0.717) is 18.0 Å². The molecule has 1 saturated carbocycles. The molecule has 0 N–H and O–H groups in total. The predicted octanol–water partition coefficient (Wildman–Crippen LogP) is 2.95. The van der Waals surface area contributed by atoms with Crippen LogP contribution in [-0.4, -0.2) is 16.8 Å². The molecule has 0 bridgehead atoms. The molecule has 3 nitrogen and oxygen atoms in total. The summed E-state index contributed by atoms with van der Waals surface area (Å²) in [5, 5.41) is 8.78. The van der Waals surface area contributed by atoms with Gasteiger partial charge in [0.2, 0.25) is 5.91 Å². The number of carbonyl (C=O) groups is 1. The average Bonchev–Trinajstić information content (AvgIpc) is 3.12. The summed E-state index contributed by atoms with van der Waals surface area (Å²) in [6, 6.07) is 9.77. The van der Waals surface area contributed by atoms with E-state index in [-0.39, 0.29) is 17.9 Å². The molecule has 0 aliphatic heterocycles. The van der Waals surface area contributed by atoms with Crippen LogP contribution in [0.15, 0.2) is 24.3 Å². The van der Waals surface area contributed by atoms with Crippen LogP contribution in [0.1, 0.15) is 38.3 Å². The molecular weight excluding hydrogens is 236 g/mol. The molecule has 100 valence electrons. The van der Waals surface area contributed by atoms with Gasteiger partial charge in [-0.2, -0.15) is 5.26 Å². The van der Waals surface area contributed by atoms with Gasteiger partial charge in [0.1, 0.15) is 0 Å². The van der Waals surface area contributed by atoms with E-state index in [2.05, 4.69) is 26.8 Å². The van der Waals surface area contributed by atoms with Gasteiger partial charge in [-0.1, -0.05) is 19.1 Å². The summed E-state index contributed by atoms with van der Waals surface area (Å²) in [7, 11) is 0. The highest BCUT2D eigenvalue weighted by atomic mass is 16.2. The Morgan fingerprint density at radius 2 is 2.00 bits per heavy atom. The van der Waals surface area contributed by atoms with Crippen molar-refractivity contribution in [2.75, 3.05) is 0 Å². The van der Waals surface area contributed by atoms with E-state index in [0.717, 1.165) is 12.0 Å². The van der Waals surface area contributed by atoms with Gasteiger partial charge in [-0.25, -0.2) is 0 Å². The van der Waals surface area contributed by atoms with Crippen LogP contribution in [0.25, 0.3) is 0 Å². The number of hydrogen-bond donors (Lipinski definition) is 0. The summed E-state index contributed by atoms with van der Waals surface area (Å²) in [6.45, 7) is 6.86. The number of amides is 1. The van der Waals surface area contributed by atoms with Crippen molar-refractivity contribution in [3.05, 3.63) is 35.4 Å². The maximum atomic E-state index is 12.4. The molecular formula is C16H20N2O. The van der Waals surface area contributed by atoms with Crippen LogP contribution in [0.5, 0.6) is 0 Å². The maximum Gasteiger partial charge on any atom is 0.226 e. The Labute approximate surface area is 114 Å². The Morgan fingerprint density at radius 3 is 2.42 bits per heavy atom. The van der Waals surface area contributed by atoms with E-state index in [1.165, 1.54) is 0 Å². The van der Waals surface area contributed by atoms with Gasteiger partial charge in [0.25, 0.3) is 0 Å². The summed E-state index contributed by atoms with van der Waals surface area (Å²) in [5.74, 6) is 1.03. The minimum absolute atomic E-state index is 0.205. The van der Waals surface area contributed by atoms with E-state index in [4.69, 9.17) is 5.26 Å². The normalized spacial score (nSPS) is 21.0. The van der Waals surface area contributed by atoms with Crippen LogP contribution < -0.4 is 0 Å². The quantitative estimate of drug-likeness (QED) is 0.831. The molecule has 19 heavy (non-hydrogen) atoms. The first-order chi connectivity index (χ1) is 9.02. The lowest BCUT2D eigenvalue weighted by molar-refractivity contribution is -0.135. The molecule has 0 radical (unpaired) electrons. The molecule has 3 heteroatoms. The van der Waals surface area contributed by atoms with Crippen molar-refractivity contribution in [1.29, 1.82) is 5.26 Å². The summed E-state index contributed by atoms with van der Waals surface area (Å²) in [5.41, 5.74) is 1.73. The molecule has 0 heterocycles. The molecule has 2 unspecified atom stereocenters. The fourth-order valence-electron chi connectivity index (χ4n) is 2.28. The zero-order chi connectivity index (χ0) is 14.0. The summed E-state index contributed by atoms with van der Waals surface area (Å²) < 4.78 is 0. The molecule has 1 fully saturated rings. The van der Waals surface area contributed by atoms with Gasteiger partial charge in [-0.3, -0.25) is 4.79 Å². The first-order valence-corrected chi connectivity index (χ1v) is 6.82. The van der Waals surface area contributed by atoms with Crippen LogP contribution in [0.4, 0.5) is 0 Å². The van der Waals surface area contributed by atoms with Gasteiger partial charge in [0.05, 0.1) is 11.6 Å². The molecule has 1 aliphatic rings.